The van der Waals surface area contributed by atoms with Gasteiger partial charge < -0.3 is 25.9 Å². The number of nitrogens with one attached hydrogen (secondary N) is 1. The SMILES string of the molecule is C/C(C(=O)NCc1cnc(C)nc1N)=C(CCOP(=O)(O)O)/[SH]=C(\O)c1cccc(Cl)c1. The number of nitrogen functional groups attached to an aromatic ring is 1. The van der Waals surface area contributed by atoms with Crippen LogP contribution < -0.4 is 11.1 Å². The molecule has 1 heterocycles. The van der Waals surface area contributed by atoms with Gasteiger partial charge in [-0.25, -0.2) is 14.5 Å². The molecule has 1 aromatic carbocycles. The standard InChI is InChI=1S/C19H24ClN4O6PS/c1-11(18(25)23-10-14-9-22-12(2)24-17(14)21)16(6-7-30-31(27,28)29)32-19(26)13-4-3-5-15(20)8-13/h3-5,8-9,26,32H,6-7,10H2,1-2H3,(H,23,25)(H2,21,22,24)(H2,27,28,29)/b16-11-. The van der Waals surface area contributed by atoms with E-state index >= 15 is 0 Å². The minimum Gasteiger partial charge on any atom is -0.383 e. The van der Waals surface area contributed by atoms with E-state index in [0.717, 1.165) is 0 Å². The summed E-state index contributed by atoms with van der Waals surface area (Å²) in [6.45, 7) is 2.96. The lowest BCUT2D eigenvalue weighted by Gasteiger charge is -2.13. The molecule has 174 valence electrons. The number of thiol groups is 1. The molecule has 6 N–H and O–H groups in total. The summed E-state index contributed by atoms with van der Waals surface area (Å²) in [5.41, 5.74) is 7.08. The molecule has 0 saturated carbocycles. The Hall–Kier alpha value is -2.11. The molecule has 0 fully saturated rings. The number of aliphatic hydroxyl groups excluding tert-OH is 1. The number of phosphoric acid groups is 1. The second-order valence-electron chi connectivity index (χ2n) is 6.60. The Morgan fingerprint density at radius 2 is 2.09 bits per heavy atom. The van der Waals surface area contributed by atoms with Gasteiger partial charge in [0.2, 0.25) is 5.91 Å². The molecule has 0 radical (unpaired) electrons. The number of aliphatic hydroxyl groups is 1. The maximum Gasteiger partial charge on any atom is 0.469 e. The molecule has 1 amide bonds. The summed E-state index contributed by atoms with van der Waals surface area (Å²) in [4.78, 5) is 39.0. The van der Waals surface area contributed by atoms with E-state index in [1.165, 1.54) is 13.1 Å². The molecule has 10 nitrogen and oxygen atoms in total. The van der Waals surface area contributed by atoms with E-state index in [1.54, 1.807) is 31.2 Å². The smallest absolute Gasteiger partial charge is 0.383 e. The van der Waals surface area contributed by atoms with E-state index < -0.39 is 13.7 Å². The Morgan fingerprint density at radius 3 is 2.72 bits per heavy atom. The van der Waals surface area contributed by atoms with E-state index in [2.05, 4.69) is 19.8 Å². The number of aryl methyl sites for hydroxylation is 1. The quantitative estimate of drug-likeness (QED) is 0.131. The van der Waals surface area contributed by atoms with Gasteiger partial charge >= 0.3 is 7.82 Å². The largest absolute Gasteiger partial charge is 0.469 e. The van der Waals surface area contributed by atoms with Crippen LogP contribution in [0.2, 0.25) is 5.02 Å². The number of anilines is 1. The second-order valence-corrected chi connectivity index (χ2v) is 9.46. The van der Waals surface area contributed by atoms with Crippen LogP contribution >= 0.6 is 30.8 Å². The first-order valence-corrected chi connectivity index (χ1v) is 12.1. The molecule has 32 heavy (non-hydrogen) atoms. The summed E-state index contributed by atoms with van der Waals surface area (Å²) in [6.07, 6.45) is 1.51. The molecule has 1 aromatic heterocycles. The number of phosphoric ester groups is 1. The summed E-state index contributed by atoms with van der Waals surface area (Å²) < 4.78 is 15.5. The van der Waals surface area contributed by atoms with E-state index in [0.29, 0.717) is 26.9 Å². The number of hydrogen-bond acceptors (Lipinski definition) is 6. The maximum absolute atomic E-state index is 12.7. The Morgan fingerprint density at radius 1 is 1.38 bits per heavy atom. The van der Waals surface area contributed by atoms with Gasteiger partial charge in [-0.3, -0.25) is 9.32 Å². The van der Waals surface area contributed by atoms with Crippen molar-refractivity contribution in [2.24, 2.45) is 0 Å². The Balaban J connectivity index is 2.26. The Kier molecular flexibility index (Phi) is 9.53. The van der Waals surface area contributed by atoms with Crippen molar-refractivity contribution in [2.45, 2.75) is 26.8 Å². The molecule has 0 aliphatic heterocycles. The number of nitrogens with two attached hydrogens (primary N) is 1. The molecular formula is C19H24ClN4O6PS. The van der Waals surface area contributed by atoms with E-state index in [1.807, 2.05) is 0 Å². The number of carbonyl (C=O) groups is 1. The van der Waals surface area contributed by atoms with Crippen LogP contribution in [-0.2, 0) is 20.4 Å². The highest BCUT2D eigenvalue weighted by molar-refractivity contribution is 8.02. The number of rotatable bonds is 9. The van der Waals surface area contributed by atoms with Crippen LogP contribution in [0.25, 0.3) is 0 Å². The normalized spacial score (nSPS) is 13.2. The molecule has 0 unspecified atom stereocenters. The molecule has 2 aromatic rings. The lowest BCUT2D eigenvalue weighted by Crippen LogP contribution is -2.25. The number of carbonyl (C=O) groups excluding carboxylic acids is 1. The third-order valence-electron chi connectivity index (χ3n) is 4.15. The van der Waals surface area contributed by atoms with Gasteiger partial charge in [0.1, 0.15) is 16.7 Å². The molecule has 0 bridgehead atoms. The van der Waals surface area contributed by atoms with Crippen molar-refractivity contribution in [3.05, 3.63) is 62.9 Å². The van der Waals surface area contributed by atoms with E-state index in [4.69, 9.17) is 27.1 Å². The number of aromatic nitrogens is 2. The van der Waals surface area contributed by atoms with Crippen LogP contribution in [-0.4, -0.2) is 42.4 Å². The first-order chi connectivity index (χ1) is 15.0. The van der Waals surface area contributed by atoms with Gasteiger partial charge in [0.05, 0.1) is 6.61 Å². The van der Waals surface area contributed by atoms with Gasteiger partial charge in [0, 0.05) is 40.9 Å². The van der Waals surface area contributed by atoms with Crippen LogP contribution in [0.3, 0.4) is 0 Å². The van der Waals surface area contributed by atoms with Crippen LogP contribution in [0.1, 0.15) is 30.3 Å². The van der Waals surface area contributed by atoms with Gasteiger partial charge in [-0.2, -0.15) is 0 Å². The zero-order valence-electron chi connectivity index (χ0n) is 17.3. The summed E-state index contributed by atoms with van der Waals surface area (Å²) in [7, 11) is -4.68. The topological polar surface area (TPSA) is 168 Å². The molecule has 0 aliphatic carbocycles. The molecule has 0 atom stereocenters. The average molecular weight is 503 g/mol. The molecule has 0 spiro atoms. The van der Waals surface area contributed by atoms with Crippen LogP contribution in [0, 0.1) is 6.92 Å². The minimum absolute atomic E-state index is 0.00761. The third kappa shape index (κ3) is 8.44. The fraction of sp³-hybridized carbons (Fsp3) is 0.263. The Bertz CT molecular complexity index is 1100. The predicted octanol–water partition coefficient (Wildman–Crippen LogP) is 2.61. The fourth-order valence-electron chi connectivity index (χ4n) is 2.50. The summed E-state index contributed by atoms with van der Waals surface area (Å²) >= 11 is 6.23. The van der Waals surface area contributed by atoms with Gasteiger partial charge in [0.15, 0.2) is 0 Å². The van der Waals surface area contributed by atoms with Crippen molar-refractivity contribution in [3.8, 4) is 0 Å². The van der Waals surface area contributed by atoms with Crippen LogP contribution in [0.5, 0.6) is 0 Å². The van der Waals surface area contributed by atoms with Gasteiger partial charge in [0.25, 0.3) is 0 Å². The number of nitrogens with zero attached hydrogens (tertiary/aromatic N) is 2. The predicted molar refractivity (Wildman–Crippen MR) is 126 cm³/mol. The lowest BCUT2D eigenvalue weighted by molar-refractivity contribution is -0.117. The summed E-state index contributed by atoms with van der Waals surface area (Å²) in [5.74, 6) is 0.300. The molecular weight excluding hydrogens is 479 g/mol. The summed E-state index contributed by atoms with van der Waals surface area (Å²) in [5, 5.41) is 13.6. The number of halogens is 1. The second kappa shape index (κ2) is 11.7. The fourth-order valence-corrected chi connectivity index (χ4v) is 4.01. The van der Waals surface area contributed by atoms with Gasteiger partial charge in [-0.05, 0) is 30.9 Å². The molecule has 2 rings (SSSR count). The van der Waals surface area contributed by atoms with Crippen molar-refractivity contribution >= 4 is 47.6 Å². The zero-order valence-corrected chi connectivity index (χ0v) is 19.9. The van der Waals surface area contributed by atoms with Crippen molar-refractivity contribution in [1.29, 1.82) is 0 Å². The molecule has 0 aliphatic rings. The van der Waals surface area contributed by atoms with Crippen molar-refractivity contribution in [1.82, 2.24) is 15.3 Å². The number of benzene rings is 1. The van der Waals surface area contributed by atoms with Gasteiger partial charge in [-0.1, -0.05) is 23.7 Å². The average Bonchev–Trinajstić information content (AvgIpc) is 2.70. The number of amides is 1. The zero-order chi connectivity index (χ0) is 23.9. The highest BCUT2D eigenvalue weighted by atomic mass is 35.5. The van der Waals surface area contributed by atoms with E-state index in [9.17, 15) is 14.5 Å². The molecule has 0 saturated heterocycles. The van der Waals surface area contributed by atoms with E-state index in [-0.39, 0.29) is 47.4 Å². The van der Waals surface area contributed by atoms with Gasteiger partial charge in [-0.15, -0.1) is 11.4 Å². The highest BCUT2D eigenvalue weighted by Crippen LogP contribution is 2.36. The van der Waals surface area contributed by atoms with Crippen molar-refractivity contribution in [2.75, 3.05) is 12.3 Å². The first-order valence-electron chi connectivity index (χ1n) is 9.26. The monoisotopic (exact) mass is 502 g/mol. The maximum atomic E-state index is 12.7. The van der Waals surface area contributed by atoms with Crippen molar-refractivity contribution in [3.63, 3.8) is 0 Å². The third-order valence-corrected chi connectivity index (χ3v) is 6.21. The number of hydrogen-bond donors (Lipinski definition) is 6. The van der Waals surface area contributed by atoms with Crippen LogP contribution in [0.4, 0.5) is 5.82 Å². The van der Waals surface area contributed by atoms with Crippen LogP contribution in [0.15, 0.2) is 40.9 Å². The summed E-state index contributed by atoms with van der Waals surface area (Å²) in [6, 6.07) is 6.52. The minimum atomic E-state index is -4.68. The highest BCUT2D eigenvalue weighted by Gasteiger charge is 2.16. The lowest BCUT2D eigenvalue weighted by atomic mass is 10.2. The molecule has 13 heteroatoms. The first kappa shape index (κ1) is 26.1. The van der Waals surface area contributed by atoms with Crippen molar-refractivity contribution < 1.29 is 28.8 Å². The Labute approximate surface area is 193 Å².